The first-order valence-electron chi connectivity index (χ1n) is 7.31. The molecule has 0 aliphatic carbocycles. The van der Waals surface area contributed by atoms with E-state index in [1.54, 1.807) is 6.20 Å². The highest BCUT2D eigenvalue weighted by atomic mass is 16.5. The molecule has 116 valence electrons. The molecule has 1 aliphatic heterocycles. The van der Waals surface area contributed by atoms with E-state index in [4.69, 9.17) is 4.74 Å². The number of carboxylic acids is 1. The molecule has 0 spiro atoms. The van der Waals surface area contributed by atoms with Crippen molar-refractivity contribution in [2.75, 3.05) is 13.2 Å². The molecule has 6 nitrogen and oxygen atoms in total. The quantitative estimate of drug-likeness (QED) is 0.776. The Labute approximate surface area is 127 Å². The second-order valence-corrected chi connectivity index (χ2v) is 5.52. The average molecular weight is 302 g/mol. The number of para-hydroxylation sites is 1. The van der Waals surface area contributed by atoms with Gasteiger partial charge in [0.25, 0.3) is 0 Å². The van der Waals surface area contributed by atoms with Crippen LogP contribution in [0.3, 0.4) is 0 Å². The number of nitrogens with one attached hydrogen (secondary N) is 2. The van der Waals surface area contributed by atoms with Crippen molar-refractivity contribution in [1.29, 1.82) is 0 Å². The largest absolute Gasteiger partial charge is 0.480 e. The number of benzene rings is 1. The lowest BCUT2D eigenvalue weighted by atomic mass is 10.0. The Morgan fingerprint density at radius 2 is 2.23 bits per heavy atom. The maximum Gasteiger partial charge on any atom is 0.326 e. The van der Waals surface area contributed by atoms with E-state index in [1.807, 2.05) is 24.3 Å². The van der Waals surface area contributed by atoms with Gasteiger partial charge in [0.15, 0.2) is 0 Å². The molecule has 6 heteroatoms. The first-order chi connectivity index (χ1) is 10.6. The summed E-state index contributed by atoms with van der Waals surface area (Å²) in [6, 6.07) is 6.76. The smallest absolute Gasteiger partial charge is 0.326 e. The molecule has 1 aromatic heterocycles. The standard InChI is InChI=1S/C16H18N2O4/c19-15(10-5-6-22-9-10)18-14(16(20)21)7-11-8-17-13-4-2-1-3-12(11)13/h1-4,8,10,14,17H,5-7,9H2,(H,18,19)(H,20,21). The molecule has 1 aromatic carbocycles. The van der Waals surface area contributed by atoms with Crippen LogP contribution in [0.4, 0.5) is 0 Å². The number of aromatic nitrogens is 1. The lowest BCUT2D eigenvalue weighted by Crippen LogP contribution is -2.45. The van der Waals surface area contributed by atoms with E-state index in [-0.39, 0.29) is 18.2 Å². The van der Waals surface area contributed by atoms with E-state index < -0.39 is 12.0 Å². The lowest BCUT2D eigenvalue weighted by molar-refractivity contribution is -0.142. The maximum absolute atomic E-state index is 12.1. The topological polar surface area (TPSA) is 91.4 Å². The van der Waals surface area contributed by atoms with Gasteiger partial charge in [0, 0.05) is 30.1 Å². The molecule has 2 atom stereocenters. The summed E-state index contributed by atoms with van der Waals surface area (Å²) in [6.45, 7) is 0.920. The van der Waals surface area contributed by atoms with Crippen LogP contribution in [-0.4, -0.2) is 41.2 Å². The molecule has 2 heterocycles. The molecule has 1 amide bonds. The third-order valence-electron chi connectivity index (χ3n) is 4.01. The molecule has 1 aliphatic rings. The van der Waals surface area contributed by atoms with Crippen molar-refractivity contribution in [2.24, 2.45) is 5.92 Å². The number of rotatable bonds is 5. The molecular weight excluding hydrogens is 284 g/mol. The fraction of sp³-hybridized carbons (Fsp3) is 0.375. The number of aliphatic carboxylic acids is 1. The van der Waals surface area contributed by atoms with Crippen LogP contribution in [0.15, 0.2) is 30.5 Å². The Hall–Kier alpha value is -2.34. The van der Waals surface area contributed by atoms with E-state index in [2.05, 4.69) is 10.3 Å². The van der Waals surface area contributed by atoms with Crippen LogP contribution in [0.1, 0.15) is 12.0 Å². The Balaban J connectivity index is 1.74. The van der Waals surface area contributed by atoms with Crippen LogP contribution in [0.2, 0.25) is 0 Å². The summed E-state index contributed by atoms with van der Waals surface area (Å²) in [7, 11) is 0. The van der Waals surface area contributed by atoms with E-state index in [1.165, 1.54) is 0 Å². The predicted molar refractivity (Wildman–Crippen MR) is 80.5 cm³/mol. The summed E-state index contributed by atoms with van der Waals surface area (Å²) < 4.78 is 5.17. The molecule has 3 rings (SSSR count). The monoisotopic (exact) mass is 302 g/mol. The number of hydrogen-bond donors (Lipinski definition) is 3. The van der Waals surface area contributed by atoms with Crippen molar-refractivity contribution in [3.8, 4) is 0 Å². The van der Waals surface area contributed by atoms with Gasteiger partial charge in [-0.3, -0.25) is 4.79 Å². The minimum Gasteiger partial charge on any atom is -0.480 e. The summed E-state index contributed by atoms with van der Waals surface area (Å²) in [5.41, 5.74) is 1.84. The fourth-order valence-corrected chi connectivity index (χ4v) is 2.75. The first-order valence-corrected chi connectivity index (χ1v) is 7.31. The van der Waals surface area contributed by atoms with Crippen molar-refractivity contribution >= 4 is 22.8 Å². The molecule has 1 fully saturated rings. The highest BCUT2D eigenvalue weighted by Gasteiger charge is 2.28. The molecule has 1 saturated heterocycles. The van der Waals surface area contributed by atoms with Gasteiger partial charge in [-0.05, 0) is 18.1 Å². The molecule has 0 bridgehead atoms. The van der Waals surface area contributed by atoms with Crippen molar-refractivity contribution in [3.63, 3.8) is 0 Å². The van der Waals surface area contributed by atoms with E-state index in [0.29, 0.717) is 19.6 Å². The van der Waals surface area contributed by atoms with Crippen LogP contribution in [0.25, 0.3) is 10.9 Å². The zero-order valence-electron chi connectivity index (χ0n) is 12.0. The number of hydrogen-bond acceptors (Lipinski definition) is 3. The predicted octanol–water partition coefficient (Wildman–Crippen LogP) is 1.32. The Morgan fingerprint density at radius 3 is 2.95 bits per heavy atom. The summed E-state index contributed by atoms with van der Waals surface area (Å²) in [4.78, 5) is 26.7. The lowest BCUT2D eigenvalue weighted by Gasteiger charge is -2.16. The fourth-order valence-electron chi connectivity index (χ4n) is 2.75. The zero-order chi connectivity index (χ0) is 15.5. The Morgan fingerprint density at radius 1 is 1.41 bits per heavy atom. The minimum absolute atomic E-state index is 0.246. The van der Waals surface area contributed by atoms with Gasteiger partial charge in [0.1, 0.15) is 6.04 Å². The number of H-pyrrole nitrogens is 1. The second-order valence-electron chi connectivity index (χ2n) is 5.52. The molecule has 0 radical (unpaired) electrons. The van der Waals surface area contributed by atoms with Gasteiger partial charge >= 0.3 is 5.97 Å². The van der Waals surface area contributed by atoms with Gasteiger partial charge < -0.3 is 20.1 Å². The van der Waals surface area contributed by atoms with E-state index in [0.717, 1.165) is 16.5 Å². The second kappa shape index (κ2) is 6.19. The van der Waals surface area contributed by atoms with Crippen molar-refractivity contribution in [2.45, 2.75) is 18.9 Å². The third kappa shape index (κ3) is 2.96. The van der Waals surface area contributed by atoms with Gasteiger partial charge in [-0.15, -0.1) is 0 Å². The molecule has 2 aromatic rings. The van der Waals surface area contributed by atoms with Crippen molar-refractivity contribution in [3.05, 3.63) is 36.0 Å². The highest BCUT2D eigenvalue weighted by Crippen LogP contribution is 2.19. The first kappa shape index (κ1) is 14.6. The average Bonchev–Trinajstić information content (AvgIpc) is 3.16. The number of ether oxygens (including phenoxy) is 1. The van der Waals surface area contributed by atoms with Crippen LogP contribution in [0, 0.1) is 5.92 Å². The van der Waals surface area contributed by atoms with Gasteiger partial charge in [-0.2, -0.15) is 0 Å². The summed E-state index contributed by atoms with van der Waals surface area (Å²) in [5, 5.41) is 13.0. The number of carbonyl (C=O) groups is 2. The van der Waals surface area contributed by atoms with Gasteiger partial charge in [-0.1, -0.05) is 18.2 Å². The van der Waals surface area contributed by atoms with Crippen LogP contribution >= 0.6 is 0 Å². The number of carbonyl (C=O) groups excluding carboxylic acids is 1. The molecule has 0 saturated carbocycles. The Kier molecular flexibility index (Phi) is 4.11. The van der Waals surface area contributed by atoms with Crippen molar-refractivity contribution < 1.29 is 19.4 Å². The van der Waals surface area contributed by atoms with Gasteiger partial charge in [-0.25, -0.2) is 4.79 Å². The van der Waals surface area contributed by atoms with Crippen LogP contribution < -0.4 is 5.32 Å². The van der Waals surface area contributed by atoms with E-state index >= 15 is 0 Å². The number of fused-ring (bicyclic) bond motifs is 1. The highest BCUT2D eigenvalue weighted by molar-refractivity contribution is 5.87. The number of carboxylic acid groups (broad SMARTS) is 1. The molecule has 2 unspecified atom stereocenters. The number of aromatic amines is 1. The maximum atomic E-state index is 12.1. The van der Waals surface area contributed by atoms with Crippen LogP contribution in [0.5, 0.6) is 0 Å². The zero-order valence-corrected chi connectivity index (χ0v) is 12.0. The van der Waals surface area contributed by atoms with Crippen LogP contribution in [-0.2, 0) is 20.7 Å². The van der Waals surface area contributed by atoms with Crippen molar-refractivity contribution in [1.82, 2.24) is 10.3 Å². The SMILES string of the molecule is O=C(NC(Cc1c[nH]c2ccccc12)C(=O)O)C1CCOC1. The Bertz CT molecular complexity index is 688. The molecular formula is C16H18N2O4. The normalized spacial score (nSPS) is 19.2. The number of amides is 1. The van der Waals surface area contributed by atoms with E-state index in [9.17, 15) is 14.7 Å². The minimum atomic E-state index is -1.03. The molecule has 22 heavy (non-hydrogen) atoms. The van der Waals surface area contributed by atoms with Gasteiger partial charge in [0.05, 0.1) is 12.5 Å². The summed E-state index contributed by atoms with van der Waals surface area (Å²) >= 11 is 0. The summed E-state index contributed by atoms with van der Waals surface area (Å²) in [6.07, 6.45) is 2.69. The summed E-state index contributed by atoms with van der Waals surface area (Å²) in [5.74, 6) is -1.52. The third-order valence-corrected chi connectivity index (χ3v) is 4.01. The molecule has 3 N–H and O–H groups in total. The van der Waals surface area contributed by atoms with Gasteiger partial charge in [0.2, 0.25) is 5.91 Å².